The van der Waals surface area contributed by atoms with Crippen molar-refractivity contribution >= 4 is 55.6 Å². The molecule has 1 unspecified atom stereocenters. The average molecular weight is 451 g/mol. The van der Waals surface area contributed by atoms with Crippen molar-refractivity contribution in [1.82, 2.24) is 4.31 Å². The fourth-order valence-corrected chi connectivity index (χ4v) is 6.00. The number of nitro groups is 1. The molecule has 1 fully saturated rings. The standard InChI is InChI=1S/C19H12Cl2N2O5S/c20-19(21)17(14-10-9-12-5-1-2-6-13(12)11-14)22(18(19)24)29(27,28)16-8-4-3-7-15(16)23(25)26/h1-11,17H. The van der Waals surface area contributed by atoms with Crippen LogP contribution in [0, 0.1) is 10.1 Å². The van der Waals surface area contributed by atoms with Crippen LogP contribution >= 0.6 is 23.2 Å². The van der Waals surface area contributed by atoms with Gasteiger partial charge in [-0.2, -0.15) is 0 Å². The number of nitro benzene ring substituents is 1. The first-order chi connectivity index (χ1) is 13.7. The maximum absolute atomic E-state index is 13.2. The summed E-state index contributed by atoms with van der Waals surface area (Å²) in [6.07, 6.45) is 0. The second-order valence-corrected chi connectivity index (χ2v) is 9.63. The van der Waals surface area contributed by atoms with Gasteiger partial charge in [0.25, 0.3) is 21.6 Å². The molecule has 1 amide bonds. The number of hydrogen-bond acceptors (Lipinski definition) is 5. The molecule has 0 bridgehead atoms. The Kier molecular flexibility index (Phi) is 4.53. The van der Waals surface area contributed by atoms with Gasteiger partial charge in [-0.1, -0.05) is 71.7 Å². The van der Waals surface area contributed by atoms with Crippen molar-refractivity contribution in [3.05, 3.63) is 82.4 Å². The summed E-state index contributed by atoms with van der Waals surface area (Å²) in [5, 5.41) is 13.0. The molecule has 4 rings (SSSR count). The van der Waals surface area contributed by atoms with E-state index in [0.717, 1.165) is 22.9 Å². The lowest BCUT2D eigenvalue weighted by molar-refractivity contribution is -0.387. The number of hydrogen-bond donors (Lipinski definition) is 0. The van der Waals surface area contributed by atoms with Gasteiger partial charge in [-0.3, -0.25) is 14.9 Å². The summed E-state index contributed by atoms with van der Waals surface area (Å²) < 4.78 is 24.8. The van der Waals surface area contributed by atoms with Crippen LogP contribution in [0.4, 0.5) is 5.69 Å². The molecule has 1 aliphatic rings. The number of amides is 1. The van der Waals surface area contributed by atoms with Crippen molar-refractivity contribution in [2.75, 3.05) is 0 Å². The van der Waals surface area contributed by atoms with Gasteiger partial charge >= 0.3 is 0 Å². The Bertz CT molecular complexity index is 1280. The molecule has 0 aromatic heterocycles. The lowest BCUT2D eigenvalue weighted by atomic mass is 9.94. The zero-order valence-electron chi connectivity index (χ0n) is 14.5. The van der Waals surface area contributed by atoms with Crippen molar-refractivity contribution in [1.29, 1.82) is 0 Å². The second-order valence-electron chi connectivity index (χ2n) is 6.46. The molecule has 0 aliphatic carbocycles. The monoisotopic (exact) mass is 450 g/mol. The molecule has 1 atom stereocenters. The van der Waals surface area contributed by atoms with Crippen LogP contribution in [-0.4, -0.2) is 27.9 Å². The van der Waals surface area contributed by atoms with Crippen LogP contribution in [-0.2, 0) is 14.8 Å². The number of fused-ring (bicyclic) bond motifs is 1. The van der Waals surface area contributed by atoms with Crippen LogP contribution in [0.15, 0.2) is 71.6 Å². The molecule has 148 valence electrons. The molecule has 1 saturated heterocycles. The van der Waals surface area contributed by atoms with Gasteiger partial charge in [0.1, 0.15) is 6.04 Å². The summed E-state index contributed by atoms with van der Waals surface area (Å²) in [4.78, 5) is 22.4. The van der Waals surface area contributed by atoms with E-state index in [9.17, 15) is 23.3 Å². The third-order valence-electron chi connectivity index (χ3n) is 4.75. The molecular formula is C19H12Cl2N2O5S. The highest BCUT2D eigenvalue weighted by Crippen LogP contribution is 2.54. The first kappa shape index (κ1) is 19.6. The summed E-state index contributed by atoms with van der Waals surface area (Å²) in [5.41, 5.74) is -0.241. The minimum absolute atomic E-state index is 0.399. The number of carbonyl (C=O) groups excluding carboxylic acids is 1. The Morgan fingerprint density at radius 2 is 1.59 bits per heavy atom. The molecule has 3 aromatic carbocycles. The number of alkyl halides is 2. The van der Waals surface area contributed by atoms with E-state index in [2.05, 4.69) is 0 Å². The molecule has 10 heteroatoms. The zero-order chi connectivity index (χ0) is 21.0. The van der Waals surface area contributed by atoms with Gasteiger partial charge in [-0.15, -0.1) is 0 Å². The van der Waals surface area contributed by atoms with Crippen LogP contribution in [0.2, 0.25) is 0 Å². The fourth-order valence-electron chi connectivity index (χ4n) is 3.36. The van der Waals surface area contributed by atoms with E-state index in [-0.39, 0.29) is 0 Å². The Hall–Kier alpha value is -2.68. The average Bonchev–Trinajstić information content (AvgIpc) is 2.70. The number of β-lactam (4-membered cyclic amide) rings is 1. The highest BCUT2D eigenvalue weighted by molar-refractivity contribution is 7.90. The van der Waals surface area contributed by atoms with Crippen molar-refractivity contribution in [3.63, 3.8) is 0 Å². The number of rotatable bonds is 4. The van der Waals surface area contributed by atoms with Gasteiger partial charge in [-0.25, -0.2) is 12.7 Å². The quantitative estimate of drug-likeness (QED) is 0.256. The van der Waals surface area contributed by atoms with E-state index < -0.39 is 41.8 Å². The van der Waals surface area contributed by atoms with Crippen molar-refractivity contribution in [2.45, 2.75) is 15.3 Å². The lowest BCUT2D eigenvalue weighted by Gasteiger charge is -2.47. The van der Waals surface area contributed by atoms with Crippen molar-refractivity contribution in [2.24, 2.45) is 0 Å². The molecule has 0 spiro atoms. The normalized spacial score (nSPS) is 18.5. The number of benzene rings is 3. The molecule has 0 N–H and O–H groups in total. The molecule has 1 aliphatic heterocycles. The molecule has 7 nitrogen and oxygen atoms in total. The van der Waals surface area contributed by atoms with Gasteiger partial charge in [-0.05, 0) is 28.5 Å². The van der Waals surface area contributed by atoms with E-state index in [1.54, 1.807) is 18.2 Å². The van der Waals surface area contributed by atoms with Gasteiger partial charge < -0.3 is 0 Å². The van der Waals surface area contributed by atoms with E-state index >= 15 is 0 Å². The number of para-hydroxylation sites is 1. The van der Waals surface area contributed by atoms with Crippen LogP contribution in [0.5, 0.6) is 0 Å². The van der Waals surface area contributed by atoms with Gasteiger partial charge in [0.2, 0.25) is 4.33 Å². The molecule has 0 saturated carbocycles. The number of nitrogens with zero attached hydrogens (tertiary/aromatic N) is 2. The molecule has 0 radical (unpaired) electrons. The van der Waals surface area contributed by atoms with Gasteiger partial charge in [0.05, 0.1) is 4.92 Å². The fraction of sp³-hybridized carbons (Fsp3) is 0.105. The predicted molar refractivity (Wildman–Crippen MR) is 108 cm³/mol. The van der Waals surface area contributed by atoms with Crippen LogP contribution in [0.1, 0.15) is 11.6 Å². The molecule has 29 heavy (non-hydrogen) atoms. The summed E-state index contributed by atoms with van der Waals surface area (Å²) in [6.45, 7) is 0. The van der Waals surface area contributed by atoms with Crippen LogP contribution < -0.4 is 0 Å². The largest absolute Gasteiger partial charge is 0.289 e. The SMILES string of the molecule is O=C1N(S(=O)(=O)c2ccccc2[N+](=O)[O-])C(c2ccc3ccccc3c2)C1(Cl)Cl. The summed E-state index contributed by atoms with van der Waals surface area (Å²) >= 11 is 12.3. The highest BCUT2D eigenvalue weighted by Gasteiger charge is 2.65. The lowest BCUT2D eigenvalue weighted by Crippen LogP contribution is -2.64. The van der Waals surface area contributed by atoms with Crippen LogP contribution in [0.3, 0.4) is 0 Å². The molecule has 3 aromatic rings. The van der Waals surface area contributed by atoms with Crippen molar-refractivity contribution < 1.29 is 18.1 Å². The second kappa shape index (κ2) is 6.69. The summed E-state index contributed by atoms with van der Waals surface area (Å²) in [7, 11) is -4.58. The van der Waals surface area contributed by atoms with Crippen molar-refractivity contribution in [3.8, 4) is 0 Å². The number of sulfonamides is 1. The van der Waals surface area contributed by atoms with E-state index in [1.807, 2.05) is 24.3 Å². The highest BCUT2D eigenvalue weighted by atomic mass is 35.5. The predicted octanol–water partition coefficient (Wildman–Crippen LogP) is 4.19. The topological polar surface area (TPSA) is 97.6 Å². The Morgan fingerprint density at radius 3 is 2.28 bits per heavy atom. The first-order valence-corrected chi connectivity index (χ1v) is 10.5. The zero-order valence-corrected chi connectivity index (χ0v) is 16.9. The van der Waals surface area contributed by atoms with E-state index in [1.165, 1.54) is 12.1 Å². The maximum atomic E-state index is 13.2. The van der Waals surface area contributed by atoms with Crippen LogP contribution in [0.25, 0.3) is 10.8 Å². The first-order valence-electron chi connectivity index (χ1n) is 8.34. The Morgan fingerprint density at radius 1 is 0.966 bits per heavy atom. The Balaban J connectivity index is 1.86. The third kappa shape index (κ3) is 2.95. The van der Waals surface area contributed by atoms with Gasteiger partial charge in [0, 0.05) is 6.07 Å². The molecular weight excluding hydrogens is 439 g/mol. The smallest absolute Gasteiger partial charge is 0.270 e. The maximum Gasteiger partial charge on any atom is 0.289 e. The molecule has 1 heterocycles. The summed E-state index contributed by atoms with van der Waals surface area (Å²) in [5.74, 6) is -1.06. The van der Waals surface area contributed by atoms with Gasteiger partial charge in [0.15, 0.2) is 4.90 Å². The minimum Gasteiger partial charge on any atom is -0.270 e. The minimum atomic E-state index is -4.58. The van der Waals surface area contributed by atoms with E-state index in [4.69, 9.17) is 23.2 Å². The third-order valence-corrected chi connectivity index (χ3v) is 7.28. The Labute approximate surface area is 175 Å². The van der Waals surface area contributed by atoms with E-state index in [0.29, 0.717) is 9.87 Å². The number of halogens is 2. The number of carbonyl (C=O) groups is 1. The summed E-state index contributed by atoms with van der Waals surface area (Å²) in [6, 6.07) is 16.0.